The Labute approximate surface area is 65.6 Å². The van der Waals surface area contributed by atoms with Crippen molar-refractivity contribution < 1.29 is 18.0 Å². The topological polar surface area (TPSA) is 45.8 Å². The van der Waals surface area contributed by atoms with E-state index in [9.17, 15) is 18.0 Å². The molecule has 0 aromatic carbocycles. The first-order chi connectivity index (χ1) is 5.45. The van der Waals surface area contributed by atoms with Crippen molar-refractivity contribution in [3.63, 3.8) is 0 Å². The maximum absolute atomic E-state index is 12.0. The number of rotatable bonds is 1. The number of nitrogens with one attached hydrogen (secondary N) is 1. The predicted molar refractivity (Wildman–Crippen MR) is 33.7 cm³/mol. The van der Waals surface area contributed by atoms with Crippen LogP contribution in [0.4, 0.5) is 13.2 Å². The lowest BCUT2D eigenvalue weighted by Gasteiger charge is -2.01. The second kappa shape index (κ2) is 2.62. The first kappa shape index (κ1) is 8.76. The summed E-state index contributed by atoms with van der Waals surface area (Å²) >= 11 is 0. The van der Waals surface area contributed by atoms with Gasteiger partial charge in [0.1, 0.15) is 11.5 Å². The van der Waals surface area contributed by atoms with E-state index in [4.69, 9.17) is 0 Å². The van der Waals surface area contributed by atoms with E-state index in [1.807, 2.05) is 0 Å². The fraction of sp³-hybridized carbons (Fsp3) is 0.333. The van der Waals surface area contributed by atoms with Gasteiger partial charge in [-0.1, -0.05) is 0 Å². The number of aldehydes is 1. The SMILES string of the molecule is Cc1nc(C(F)(F)F)c(C=O)[nH]1. The fourth-order valence-corrected chi connectivity index (χ4v) is 0.811. The Morgan fingerprint density at radius 2 is 2.08 bits per heavy atom. The molecule has 0 aliphatic carbocycles. The van der Waals surface area contributed by atoms with Crippen molar-refractivity contribution >= 4 is 6.29 Å². The molecule has 1 aromatic heterocycles. The molecule has 0 saturated carbocycles. The highest BCUT2D eigenvalue weighted by atomic mass is 19.4. The first-order valence-electron chi connectivity index (χ1n) is 3.04. The second-order valence-electron chi connectivity index (χ2n) is 2.20. The summed E-state index contributed by atoms with van der Waals surface area (Å²) in [5.74, 6) is 0.0735. The van der Waals surface area contributed by atoms with Gasteiger partial charge in [0.05, 0.1) is 0 Å². The molecule has 3 nitrogen and oxygen atoms in total. The van der Waals surface area contributed by atoms with Gasteiger partial charge in [-0.15, -0.1) is 0 Å². The number of H-pyrrole nitrogens is 1. The Balaban J connectivity index is 3.22. The normalized spacial score (nSPS) is 11.7. The van der Waals surface area contributed by atoms with Gasteiger partial charge in [-0.05, 0) is 6.92 Å². The average Bonchev–Trinajstić information content (AvgIpc) is 2.29. The van der Waals surface area contributed by atoms with E-state index in [-0.39, 0.29) is 12.1 Å². The Bertz CT molecular complexity index is 302. The lowest BCUT2D eigenvalue weighted by Crippen LogP contribution is -2.08. The lowest BCUT2D eigenvalue weighted by molar-refractivity contribution is -0.141. The van der Waals surface area contributed by atoms with E-state index in [1.54, 1.807) is 0 Å². The lowest BCUT2D eigenvalue weighted by atomic mass is 10.3. The maximum atomic E-state index is 12.0. The molecule has 6 heteroatoms. The third-order valence-corrected chi connectivity index (χ3v) is 1.24. The molecule has 0 unspecified atom stereocenters. The number of imidazole rings is 1. The summed E-state index contributed by atoms with van der Waals surface area (Å²) in [4.78, 5) is 15.5. The van der Waals surface area contributed by atoms with Crippen LogP contribution in [0.2, 0.25) is 0 Å². The van der Waals surface area contributed by atoms with Gasteiger partial charge in [0, 0.05) is 0 Å². The van der Waals surface area contributed by atoms with Gasteiger partial charge in [0.15, 0.2) is 12.0 Å². The van der Waals surface area contributed by atoms with Crippen molar-refractivity contribution in [1.82, 2.24) is 9.97 Å². The minimum Gasteiger partial charge on any atom is -0.340 e. The number of hydrogen-bond acceptors (Lipinski definition) is 2. The van der Waals surface area contributed by atoms with Crippen molar-refractivity contribution in [2.24, 2.45) is 0 Å². The van der Waals surface area contributed by atoms with Crippen LogP contribution in [0.15, 0.2) is 0 Å². The molecule has 0 atom stereocenters. The van der Waals surface area contributed by atoms with E-state index in [1.165, 1.54) is 6.92 Å². The van der Waals surface area contributed by atoms with Crippen LogP contribution in [0, 0.1) is 6.92 Å². The van der Waals surface area contributed by atoms with Crippen LogP contribution in [0.3, 0.4) is 0 Å². The summed E-state index contributed by atoms with van der Waals surface area (Å²) in [6.07, 6.45) is -4.47. The third-order valence-electron chi connectivity index (χ3n) is 1.24. The number of aromatic amines is 1. The molecule has 0 aliphatic heterocycles. The standard InChI is InChI=1S/C6H5F3N2O/c1-3-10-4(2-12)5(11-3)6(7,8)9/h2H,1H3,(H,10,11). The Morgan fingerprint density at radius 3 is 2.42 bits per heavy atom. The van der Waals surface area contributed by atoms with Crippen molar-refractivity contribution in [3.8, 4) is 0 Å². The van der Waals surface area contributed by atoms with Crippen LogP contribution < -0.4 is 0 Å². The van der Waals surface area contributed by atoms with Crippen LogP contribution >= 0.6 is 0 Å². The Hall–Kier alpha value is -1.33. The number of nitrogens with zero attached hydrogens (tertiary/aromatic N) is 1. The largest absolute Gasteiger partial charge is 0.435 e. The van der Waals surface area contributed by atoms with Crippen molar-refractivity contribution in [1.29, 1.82) is 0 Å². The molecular formula is C6H5F3N2O. The summed E-state index contributed by atoms with van der Waals surface area (Å²) in [7, 11) is 0. The van der Waals surface area contributed by atoms with E-state index in [0.717, 1.165) is 0 Å². The summed E-state index contributed by atoms with van der Waals surface area (Å²) in [6, 6.07) is 0. The van der Waals surface area contributed by atoms with Crippen LogP contribution in [-0.4, -0.2) is 16.3 Å². The summed E-state index contributed by atoms with van der Waals surface area (Å²) < 4.78 is 36.0. The van der Waals surface area contributed by atoms with Gasteiger partial charge in [-0.2, -0.15) is 13.2 Å². The van der Waals surface area contributed by atoms with E-state index in [0.29, 0.717) is 0 Å². The Kier molecular flexibility index (Phi) is 1.91. The molecule has 12 heavy (non-hydrogen) atoms. The molecule has 1 heterocycles. The van der Waals surface area contributed by atoms with Crippen LogP contribution in [0.5, 0.6) is 0 Å². The first-order valence-corrected chi connectivity index (χ1v) is 3.04. The van der Waals surface area contributed by atoms with Gasteiger partial charge in [-0.25, -0.2) is 4.98 Å². The molecule has 0 spiro atoms. The van der Waals surface area contributed by atoms with Gasteiger partial charge >= 0.3 is 6.18 Å². The maximum Gasteiger partial charge on any atom is 0.435 e. The zero-order valence-electron chi connectivity index (χ0n) is 6.07. The van der Waals surface area contributed by atoms with Crippen LogP contribution in [0.1, 0.15) is 22.0 Å². The molecule has 1 N–H and O–H groups in total. The zero-order valence-corrected chi connectivity index (χ0v) is 6.07. The van der Waals surface area contributed by atoms with Gasteiger partial charge in [0.2, 0.25) is 0 Å². The van der Waals surface area contributed by atoms with Gasteiger partial charge in [0.25, 0.3) is 0 Å². The molecule has 0 fully saturated rings. The highest BCUT2D eigenvalue weighted by Crippen LogP contribution is 2.29. The van der Waals surface area contributed by atoms with Gasteiger partial charge in [-0.3, -0.25) is 4.79 Å². The van der Waals surface area contributed by atoms with E-state index < -0.39 is 17.6 Å². The molecule has 0 aliphatic rings. The van der Waals surface area contributed by atoms with Crippen molar-refractivity contribution in [2.45, 2.75) is 13.1 Å². The van der Waals surface area contributed by atoms with E-state index in [2.05, 4.69) is 9.97 Å². The number of halogens is 3. The monoisotopic (exact) mass is 178 g/mol. The van der Waals surface area contributed by atoms with Crippen molar-refractivity contribution in [3.05, 3.63) is 17.2 Å². The second-order valence-corrected chi connectivity index (χ2v) is 2.20. The number of aryl methyl sites for hydroxylation is 1. The average molecular weight is 178 g/mol. The number of carbonyl (C=O) groups excluding carboxylic acids is 1. The summed E-state index contributed by atoms with van der Waals surface area (Å²) in [5, 5.41) is 0. The quantitative estimate of drug-likeness (QED) is 0.663. The van der Waals surface area contributed by atoms with Crippen LogP contribution in [-0.2, 0) is 6.18 Å². The molecule has 0 amide bonds. The number of aromatic nitrogens is 2. The van der Waals surface area contributed by atoms with E-state index >= 15 is 0 Å². The third kappa shape index (κ3) is 1.46. The van der Waals surface area contributed by atoms with Crippen LogP contribution in [0.25, 0.3) is 0 Å². The highest BCUT2D eigenvalue weighted by Gasteiger charge is 2.36. The molecule has 1 aromatic rings. The number of alkyl halides is 3. The number of hydrogen-bond donors (Lipinski definition) is 1. The molecule has 0 radical (unpaired) electrons. The summed E-state index contributed by atoms with van der Waals surface area (Å²) in [5.41, 5.74) is -1.69. The highest BCUT2D eigenvalue weighted by molar-refractivity contribution is 5.73. The summed E-state index contributed by atoms with van der Waals surface area (Å²) in [6.45, 7) is 1.35. The fourth-order valence-electron chi connectivity index (χ4n) is 0.811. The minimum atomic E-state index is -4.57. The molecule has 1 rings (SSSR count). The zero-order chi connectivity index (χ0) is 9.35. The van der Waals surface area contributed by atoms with Gasteiger partial charge < -0.3 is 4.98 Å². The molecule has 0 bridgehead atoms. The predicted octanol–water partition coefficient (Wildman–Crippen LogP) is 1.55. The Morgan fingerprint density at radius 1 is 1.50 bits per heavy atom. The molecular weight excluding hydrogens is 173 g/mol. The smallest absolute Gasteiger partial charge is 0.340 e. The minimum absolute atomic E-state index is 0.0735. The van der Waals surface area contributed by atoms with Crippen molar-refractivity contribution in [2.75, 3.05) is 0 Å². The number of carbonyl (C=O) groups is 1. The molecule has 0 saturated heterocycles. The molecule has 66 valence electrons.